The van der Waals surface area contributed by atoms with E-state index in [4.69, 9.17) is 11.6 Å². The normalized spacial score (nSPS) is 10.2. The number of carbonyl (C=O) groups is 1. The maximum absolute atomic E-state index is 12.3. The number of carbonyl (C=O) groups excluding carboxylic acids is 1. The van der Waals surface area contributed by atoms with Gasteiger partial charge in [0.1, 0.15) is 0 Å². The van der Waals surface area contributed by atoms with Crippen molar-refractivity contribution in [2.24, 2.45) is 0 Å². The Morgan fingerprint density at radius 3 is 2.55 bits per heavy atom. The summed E-state index contributed by atoms with van der Waals surface area (Å²) in [5, 5.41) is 3.57. The van der Waals surface area contributed by atoms with Gasteiger partial charge in [0.2, 0.25) is 0 Å². The van der Waals surface area contributed by atoms with Crippen molar-refractivity contribution in [1.29, 1.82) is 0 Å². The van der Waals surface area contributed by atoms with Crippen molar-refractivity contribution >= 4 is 28.9 Å². The quantitative estimate of drug-likeness (QED) is 0.927. The maximum atomic E-state index is 12.3. The molecule has 2 aromatic rings. The molecular formula is C16H17ClN2O. The third-order valence-corrected chi connectivity index (χ3v) is 3.30. The molecule has 3 nitrogen and oxygen atoms in total. The maximum Gasteiger partial charge on any atom is 0.255 e. The van der Waals surface area contributed by atoms with E-state index in [1.54, 1.807) is 12.1 Å². The van der Waals surface area contributed by atoms with Crippen molar-refractivity contribution in [2.45, 2.75) is 6.92 Å². The molecule has 2 aromatic carbocycles. The molecule has 0 aliphatic rings. The van der Waals surface area contributed by atoms with Gasteiger partial charge in [0, 0.05) is 36.1 Å². The van der Waals surface area contributed by atoms with E-state index in [2.05, 4.69) is 5.32 Å². The van der Waals surface area contributed by atoms with Crippen molar-refractivity contribution in [2.75, 3.05) is 24.3 Å². The lowest BCUT2D eigenvalue weighted by atomic mass is 10.1. The molecule has 0 aliphatic carbocycles. The smallest absolute Gasteiger partial charge is 0.255 e. The van der Waals surface area contributed by atoms with Crippen LogP contribution < -0.4 is 10.2 Å². The molecule has 4 heteroatoms. The van der Waals surface area contributed by atoms with E-state index >= 15 is 0 Å². The molecule has 0 radical (unpaired) electrons. The van der Waals surface area contributed by atoms with Crippen LogP contribution in [0.3, 0.4) is 0 Å². The number of aryl methyl sites for hydroxylation is 1. The Labute approximate surface area is 124 Å². The van der Waals surface area contributed by atoms with E-state index in [0.29, 0.717) is 10.6 Å². The minimum Gasteiger partial charge on any atom is -0.378 e. The molecule has 0 atom stereocenters. The van der Waals surface area contributed by atoms with Gasteiger partial charge in [-0.2, -0.15) is 0 Å². The number of rotatable bonds is 3. The van der Waals surface area contributed by atoms with Gasteiger partial charge < -0.3 is 10.2 Å². The minimum absolute atomic E-state index is 0.126. The molecule has 1 amide bonds. The topological polar surface area (TPSA) is 32.3 Å². The fourth-order valence-corrected chi connectivity index (χ4v) is 2.11. The zero-order valence-electron chi connectivity index (χ0n) is 11.8. The van der Waals surface area contributed by atoms with Crippen LogP contribution in [0.25, 0.3) is 0 Å². The molecule has 104 valence electrons. The number of hydrogen-bond acceptors (Lipinski definition) is 2. The number of nitrogens with zero attached hydrogens (tertiary/aromatic N) is 1. The highest BCUT2D eigenvalue weighted by atomic mass is 35.5. The van der Waals surface area contributed by atoms with Crippen LogP contribution in [0.15, 0.2) is 42.5 Å². The Kier molecular flexibility index (Phi) is 4.30. The first-order valence-electron chi connectivity index (χ1n) is 6.32. The van der Waals surface area contributed by atoms with Crippen LogP contribution in [0, 0.1) is 6.92 Å². The van der Waals surface area contributed by atoms with Crippen LogP contribution >= 0.6 is 11.6 Å². The number of nitrogens with one attached hydrogen (secondary N) is 1. The van der Waals surface area contributed by atoms with Crippen LogP contribution in [-0.4, -0.2) is 20.0 Å². The summed E-state index contributed by atoms with van der Waals surface area (Å²) in [7, 11) is 3.89. The van der Waals surface area contributed by atoms with Crippen LogP contribution in [0.2, 0.25) is 5.02 Å². The number of hydrogen-bond donors (Lipinski definition) is 1. The number of benzene rings is 2. The molecule has 0 saturated carbocycles. The van der Waals surface area contributed by atoms with Gasteiger partial charge >= 0.3 is 0 Å². The first-order chi connectivity index (χ1) is 9.47. The molecule has 0 saturated heterocycles. The van der Waals surface area contributed by atoms with Gasteiger partial charge in [-0.25, -0.2) is 0 Å². The van der Waals surface area contributed by atoms with E-state index in [9.17, 15) is 4.79 Å². The van der Waals surface area contributed by atoms with Crippen molar-refractivity contribution < 1.29 is 4.79 Å². The summed E-state index contributed by atoms with van der Waals surface area (Å²) in [5.41, 5.74) is 3.33. The molecule has 0 heterocycles. The molecule has 0 bridgehead atoms. The summed E-state index contributed by atoms with van der Waals surface area (Å²) in [6.45, 7) is 1.91. The summed E-state index contributed by atoms with van der Waals surface area (Å²) in [5.74, 6) is -0.126. The SMILES string of the molecule is Cc1cc(Cl)ccc1NC(=O)c1cccc(N(C)C)c1. The van der Waals surface area contributed by atoms with Crippen LogP contribution in [0.1, 0.15) is 15.9 Å². The van der Waals surface area contributed by atoms with E-state index in [0.717, 1.165) is 16.9 Å². The van der Waals surface area contributed by atoms with Gasteiger partial charge in [0.05, 0.1) is 0 Å². The summed E-state index contributed by atoms with van der Waals surface area (Å²) < 4.78 is 0. The fraction of sp³-hybridized carbons (Fsp3) is 0.188. The average Bonchev–Trinajstić information content (AvgIpc) is 2.42. The second-order valence-corrected chi connectivity index (χ2v) is 5.29. The predicted molar refractivity (Wildman–Crippen MR) is 84.9 cm³/mol. The summed E-state index contributed by atoms with van der Waals surface area (Å²) in [4.78, 5) is 14.2. The first kappa shape index (κ1) is 14.4. The summed E-state index contributed by atoms with van der Waals surface area (Å²) in [6, 6.07) is 12.9. The second-order valence-electron chi connectivity index (χ2n) is 4.86. The molecule has 0 spiro atoms. The molecule has 20 heavy (non-hydrogen) atoms. The van der Waals surface area contributed by atoms with Crippen molar-refractivity contribution in [3.8, 4) is 0 Å². The first-order valence-corrected chi connectivity index (χ1v) is 6.70. The van der Waals surface area contributed by atoms with Crippen molar-refractivity contribution in [1.82, 2.24) is 0 Å². The Morgan fingerprint density at radius 1 is 1.15 bits per heavy atom. The largest absolute Gasteiger partial charge is 0.378 e. The third kappa shape index (κ3) is 3.31. The molecule has 0 aromatic heterocycles. The van der Waals surface area contributed by atoms with Crippen molar-refractivity contribution in [3.63, 3.8) is 0 Å². The van der Waals surface area contributed by atoms with Crippen LogP contribution in [0.5, 0.6) is 0 Å². The number of amides is 1. The van der Waals surface area contributed by atoms with Crippen LogP contribution in [-0.2, 0) is 0 Å². The Balaban J connectivity index is 2.21. The molecule has 0 aliphatic heterocycles. The lowest BCUT2D eigenvalue weighted by molar-refractivity contribution is 0.102. The molecule has 0 fully saturated rings. The van der Waals surface area contributed by atoms with E-state index in [-0.39, 0.29) is 5.91 Å². The summed E-state index contributed by atoms with van der Waals surface area (Å²) >= 11 is 5.91. The Bertz CT molecular complexity index is 638. The molecule has 2 rings (SSSR count). The zero-order valence-corrected chi connectivity index (χ0v) is 12.5. The standard InChI is InChI=1S/C16H17ClN2O/c1-11-9-13(17)7-8-15(11)18-16(20)12-5-4-6-14(10-12)19(2)3/h4-10H,1-3H3,(H,18,20). The lowest BCUT2D eigenvalue weighted by Crippen LogP contribution is -2.14. The van der Waals surface area contributed by atoms with E-state index in [1.165, 1.54) is 0 Å². The third-order valence-electron chi connectivity index (χ3n) is 3.06. The van der Waals surface area contributed by atoms with Gasteiger partial charge in [-0.3, -0.25) is 4.79 Å². The van der Waals surface area contributed by atoms with Gasteiger partial charge in [-0.15, -0.1) is 0 Å². The summed E-state index contributed by atoms with van der Waals surface area (Å²) in [6.07, 6.45) is 0. The minimum atomic E-state index is -0.126. The van der Waals surface area contributed by atoms with Crippen LogP contribution in [0.4, 0.5) is 11.4 Å². The highest BCUT2D eigenvalue weighted by Gasteiger charge is 2.09. The fourth-order valence-electron chi connectivity index (χ4n) is 1.89. The number of anilines is 2. The second kappa shape index (κ2) is 5.97. The Morgan fingerprint density at radius 2 is 1.90 bits per heavy atom. The zero-order chi connectivity index (χ0) is 14.7. The van der Waals surface area contributed by atoms with Gasteiger partial charge in [-0.1, -0.05) is 17.7 Å². The van der Waals surface area contributed by atoms with Gasteiger partial charge in [0.25, 0.3) is 5.91 Å². The average molecular weight is 289 g/mol. The highest BCUT2D eigenvalue weighted by Crippen LogP contribution is 2.21. The van der Waals surface area contributed by atoms with Gasteiger partial charge in [0.15, 0.2) is 0 Å². The monoisotopic (exact) mass is 288 g/mol. The molecule has 1 N–H and O–H groups in total. The molecular weight excluding hydrogens is 272 g/mol. The van der Waals surface area contributed by atoms with E-state index in [1.807, 2.05) is 56.3 Å². The Hall–Kier alpha value is -2.00. The predicted octanol–water partition coefficient (Wildman–Crippen LogP) is 3.97. The van der Waals surface area contributed by atoms with Gasteiger partial charge in [-0.05, 0) is 48.9 Å². The lowest BCUT2D eigenvalue weighted by Gasteiger charge is -2.14. The van der Waals surface area contributed by atoms with E-state index < -0.39 is 0 Å². The molecule has 0 unspecified atom stereocenters. The highest BCUT2D eigenvalue weighted by molar-refractivity contribution is 6.30. The van der Waals surface area contributed by atoms with Crippen molar-refractivity contribution in [3.05, 3.63) is 58.6 Å². The number of halogens is 1.